The Morgan fingerprint density at radius 2 is 1.83 bits per heavy atom. The van der Waals surface area contributed by atoms with E-state index < -0.39 is 0 Å². The summed E-state index contributed by atoms with van der Waals surface area (Å²) in [4.78, 5) is 2.88. The Kier molecular flexibility index (Phi) is 4.43. The van der Waals surface area contributed by atoms with Crippen molar-refractivity contribution in [3.8, 4) is 0 Å². The van der Waals surface area contributed by atoms with Crippen molar-refractivity contribution in [2.45, 2.75) is 39.7 Å². The molecule has 0 saturated carbocycles. The van der Waals surface area contributed by atoms with Crippen molar-refractivity contribution >= 4 is 17.0 Å². The van der Waals surface area contributed by atoms with Gasteiger partial charge < -0.3 is 5.32 Å². The molecule has 0 aliphatic heterocycles. The fourth-order valence-corrected chi connectivity index (χ4v) is 3.05. The van der Waals surface area contributed by atoms with Gasteiger partial charge in [0, 0.05) is 15.4 Å². The summed E-state index contributed by atoms with van der Waals surface area (Å²) in [6.07, 6.45) is 2.20. The van der Waals surface area contributed by atoms with E-state index in [1.165, 1.54) is 21.0 Å². The maximum absolute atomic E-state index is 3.63. The Morgan fingerprint density at radius 1 is 1.06 bits per heavy atom. The van der Waals surface area contributed by atoms with Crippen molar-refractivity contribution in [2.24, 2.45) is 0 Å². The molecule has 1 heterocycles. The topological polar surface area (TPSA) is 12.0 Å². The summed E-state index contributed by atoms with van der Waals surface area (Å²) >= 11 is 1.91. The summed E-state index contributed by atoms with van der Waals surface area (Å²) in [5.74, 6) is 0. The normalized spacial score (nSPS) is 12.4. The van der Waals surface area contributed by atoms with Gasteiger partial charge in [-0.15, -0.1) is 11.3 Å². The molecule has 96 valence electrons. The van der Waals surface area contributed by atoms with E-state index in [4.69, 9.17) is 0 Å². The second-order valence-electron chi connectivity index (χ2n) is 4.53. The molecule has 0 radical (unpaired) electrons. The molecule has 2 aromatic rings. The van der Waals surface area contributed by atoms with Crippen LogP contribution in [0.3, 0.4) is 0 Å². The van der Waals surface area contributed by atoms with E-state index in [2.05, 4.69) is 62.5 Å². The Bertz CT molecular complexity index is 501. The zero-order valence-corrected chi connectivity index (χ0v) is 12.2. The summed E-state index contributed by atoms with van der Waals surface area (Å²) in [7, 11) is 0. The molecule has 0 amide bonds. The first-order chi connectivity index (χ1) is 8.74. The zero-order chi connectivity index (χ0) is 13.0. The van der Waals surface area contributed by atoms with Crippen molar-refractivity contribution in [1.29, 1.82) is 0 Å². The molecule has 0 bridgehead atoms. The quantitative estimate of drug-likeness (QED) is 0.792. The van der Waals surface area contributed by atoms with Gasteiger partial charge in [0.15, 0.2) is 0 Å². The molecule has 0 saturated heterocycles. The highest BCUT2D eigenvalue weighted by Gasteiger charge is 2.09. The average Bonchev–Trinajstić information content (AvgIpc) is 2.88. The third-order valence-electron chi connectivity index (χ3n) is 3.23. The highest BCUT2D eigenvalue weighted by atomic mass is 32.1. The van der Waals surface area contributed by atoms with Crippen molar-refractivity contribution in [1.82, 2.24) is 0 Å². The Labute approximate surface area is 114 Å². The minimum absolute atomic E-state index is 0.378. The second kappa shape index (κ2) is 6.05. The number of hydrogen-bond donors (Lipinski definition) is 1. The molecule has 1 N–H and O–H groups in total. The van der Waals surface area contributed by atoms with E-state index in [1.807, 2.05) is 11.3 Å². The fraction of sp³-hybridized carbons (Fsp3) is 0.375. The van der Waals surface area contributed by atoms with Gasteiger partial charge in [0.2, 0.25) is 0 Å². The van der Waals surface area contributed by atoms with E-state index in [0.717, 1.165) is 12.8 Å². The third kappa shape index (κ3) is 2.94. The number of anilines is 1. The van der Waals surface area contributed by atoms with Crippen molar-refractivity contribution in [2.75, 3.05) is 5.32 Å². The van der Waals surface area contributed by atoms with Gasteiger partial charge in [-0.05, 0) is 43.5 Å². The van der Waals surface area contributed by atoms with E-state index in [1.54, 1.807) is 0 Å². The second-order valence-corrected chi connectivity index (χ2v) is 5.73. The lowest BCUT2D eigenvalue weighted by molar-refractivity contribution is 0.901. The molecule has 0 spiro atoms. The molecule has 1 unspecified atom stereocenters. The Balaban J connectivity index is 2.13. The molecule has 0 fully saturated rings. The van der Waals surface area contributed by atoms with Gasteiger partial charge in [-0.2, -0.15) is 0 Å². The first-order valence-corrected chi connectivity index (χ1v) is 7.49. The summed E-state index contributed by atoms with van der Waals surface area (Å²) in [6.45, 7) is 6.64. The van der Waals surface area contributed by atoms with Crippen LogP contribution in [0.15, 0.2) is 36.4 Å². The Morgan fingerprint density at radius 3 is 2.50 bits per heavy atom. The Hall–Kier alpha value is -1.28. The molecule has 2 heteroatoms. The predicted molar refractivity (Wildman–Crippen MR) is 81.6 cm³/mol. The SMILES string of the molecule is CCc1ccc(C(C)Nc2ccccc2CC)s1. The lowest BCUT2D eigenvalue weighted by Gasteiger charge is -2.16. The lowest BCUT2D eigenvalue weighted by atomic mass is 10.1. The maximum Gasteiger partial charge on any atom is 0.0578 e. The van der Waals surface area contributed by atoms with Crippen molar-refractivity contribution in [3.05, 3.63) is 51.7 Å². The van der Waals surface area contributed by atoms with Crippen LogP contribution in [0.5, 0.6) is 0 Å². The van der Waals surface area contributed by atoms with E-state index in [0.29, 0.717) is 6.04 Å². The van der Waals surface area contributed by atoms with Gasteiger partial charge in [-0.25, -0.2) is 0 Å². The number of aryl methyl sites for hydroxylation is 2. The zero-order valence-electron chi connectivity index (χ0n) is 11.4. The molecule has 1 atom stereocenters. The van der Waals surface area contributed by atoms with Crippen LogP contribution in [0.2, 0.25) is 0 Å². The summed E-state index contributed by atoms with van der Waals surface area (Å²) in [6, 6.07) is 13.4. The minimum atomic E-state index is 0.378. The molecule has 18 heavy (non-hydrogen) atoms. The van der Waals surface area contributed by atoms with Crippen LogP contribution in [0, 0.1) is 0 Å². The van der Waals surface area contributed by atoms with Gasteiger partial charge >= 0.3 is 0 Å². The van der Waals surface area contributed by atoms with E-state index in [-0.39, 0.29) is 0 Å². The first-order valence-electron chi connectivity index (χ1n) is 6.67. The molecule has 2 rings (SSSR count). The largest absolute Gasteiger partial charge is 0.377 e. The highest BCUT2D eigenvalue weighted by molar-refractivity contribution is 7.12. The highest BCUT2D eigenvalue weighted by Crippen LogP contribution is 2.27. The van der Waals surface area contributed by atoms with Crippen LogP contribution in [-0.4, -0.2) is 0 Å². The van der Waals surface area contributed by atoms with Crippen LogP contribution in [-0.2, 0) is 12.8 Å². The van der Waals surface area contributed by atoms with Crippen LogP contribution in [0.25, 0.3) is 0 Å². The molecule has 1 aromatic carbocycles. The predicted octanol–water partition coefficient (Wildman–Crippen LogP) is 5.05. The number of nitrogens with one attached hydrogen (secondary N) is 1. The van der Waals surface area contributed by atoms with Gasteiger partial charge in [0.1, 0.15) is 0 Å². The number of benzene rings is 1. The number of hydrogen-bond acceptors (Lipinski definition) is 2. The van der Waals surface area contributed by atoms with Crippen LogP contribution < -0.4 is 5.32 Å². The monoisotopic (exact) mass is 259 g/mol. The van der Waals surface area contributed by atoms with Gasteiger partial charge in [-0.1, -0.05) is 32.0 Å². The van der Waals surface area contributed by atoms with Gasteiger partial charge in [0.25, 0.3) is 0 Å². The smallest absolute Gasteiger partial charge is 0.0578 e. The summed E-state index contributed by atoms with van der Waals surface area (Å²) in [5.41, 5.74) is 2.65. The molecule has 1 aromatic heterocycles. The fourth-order valence-electron chi connectivity index (χ4n) is 2.09. The number of rotatable bonds is 5. The van der Waals surface area contributed by atoms with E-state index >= 15 is 0 Å². The number of thiophene rings is 1. The van der Waals surface area contributed by atoms with Gasteiger partial charge in [0.05, 0.1) is 6.04 Å². The molecule has 1 nitrogen and oxygen atoms in total. The number of para-hydroxylation sites is 1. The molecule has 0 aliphatic carbocycles. The van der Waals surface area contributed by atoms with Crippen LogP contribution in [0.4, 0.5) is 5.69 Å². The van der Waals surface area contributed by atoms with Crippen molar-refractivity contribution in [3.63, 3.8) is 0 Å². The first kappa shape index (κ1) is 13.2. The van der Waals surface area contributed by atoms with Crippen LogP contribution in [0.1, 0.15) is 42.1 Å². The molecular weight excluding hydrogens is 238 g/mol. The maximum atomic E-state index is 3.63. The van der Waals surface area contributed by atoms with Gasteiger partial charge in [-0.3, -0.25) is 0 Å². The summed E-state index contributed by atoms with van der Waals surface area (Å²) in [5, 5.41) is 3.63. The van der Waals surface area contributed by atoms with Crippen molar-refractivity contribution < 1.29 is 0 Å². The van der Waals surface area contributed by atoms with E-state index in [9.17, 15) is 0 Å². The molecular formula is C16H21NS. The average molecular weight is 259 g/mol. The van der Waals surface area contributed by atoms with Crippen LogP contribution >= 0.6 is 11.3 Å². The third-order valence-corrected chi connectivity index (χ3v) is 4.64. The molecule has 0 aliphatic rings. The minimum Gasteiger partial charge on any atom is -0.377 e. The standard InChI is InChI=1S/C16H21NS/c1-4-13-8-6-7-9-15(13)17-12(3)16-11-10-14(5-2)18-16/h6-12,17H,4-5H2,1-3H3. The lowest BCUT2D eigenvalue weighted by Crippen LogP contribution is -2.06. The summed E-state index contributed by atoms with van der Waals surface area (Å²) < 4.78 is 0.